The molecule has 0 aliphatic heterocycles. The van der Waals surface area contributed by atoms with Crippen LogP contribution in [0.25, 0.3) is 0 Å². The summed E-state index contributed by atoms with van der Waals surface area (Å²) in [7, 11) is -1.45. The van der Waals surface area contributed by atoms with E-state index in [1.807, 2.05) is 13.8 Å². The lowest BCUT2D eigenvalue weighted by Gasteiger charge is -2.29. The molecule has 0 aromatic carbocycles. The first-order valence-corrected chi connectivity index (χ1v) is 10.5. The molecule has 1 rings (SSSR count). The van der Waals surface area contributed by atoms with Gasteiger partial charge in [0.15, 0.2) is 5.96 Å². The molecular formula is C16H34N4O2S. The predicted octanol–water partition coefficient (Wildman–Crippen LogP) is 1.79. The van der Waals surface area contributed by atoms with E-state index in [1.54, 1.807) is 7.05 Å². The van der Waals surface area contributed by atoms with Crippen molar-refractivity contribution in [3.63, 3.8) is 0 Å². The van der Waals surface area contributed by atoms with Gasteiger partial charge < -0.3 is 10.6 Å². The molecule has 1 aliphatic rings. The molecular weight excluding hydrogens is 312 g/mol. The summed E-state index contributed by atoms with van der Waals surface area (Å²) in [5, 5.41) is 6.56. The lowest BCUT2D eigenvalue weighted by molar-refractivity contribution is 0.304. The summed E-state index contributed by atoms with van der Waals surface area (Å²) in [4.78, 5) is 4.21. The van der Waals surface area contributed by atoms with Gasteiger partial charge in [-0.3, -0.25) is 4.99 Å². The number of sulfonamides is 1. The van der Waals surface area contributed by atoms with Crippen molar-refractivity contribution in [1.82, 2.24) is 14.9 Å². The SMILES string of the molecule is CCC1CCC(NC(=NC)NCCS(=O)(=O)N(CC)CC)CC1. The second kappa shape index (κ2) is 10.1. The van der Waals surface area contributed by atoms with Gasteiger partial charge >= 0.3 is 0 Å². The smallest absolute Gasteiger partial charge is 0.215 e. The van der Waals surface area contributed by atoms with Crippen molar-refractivity contribution in [2.24, 2.45) is 10.9 Å². The maximum absolute atomic E-state index is 12.1. The average molecular weight is 347 g/mol. The third-order valence-electron chi connectivity index (χ3n) is 4.74. The topological polar surface area (TPSA) is 73.8 Å². The van der Waals surface area contributed by atoms with Crippen molar-refractivity contribution >= 4 is 16.0 Å². The molecule has 136 valence electrons. The third kappa shape index (κ3) is 6.67. The number of hydrogen-bond donors (Lipinski definition) is 2. The number of nitrogens with zero attached hydrogens (tertiary/aromatic N) is 2. The van der Waals surface area contributed by atoms with Crippen LogP contribution in [0, 0.1) is 5.92 Å². The summed E-state index contributed by atoms with van der Waals surface area (Å²) in [6, 6.07) is 0.448. The van der Waals surface area contributed by atoms with E-state index in [9.17, 15) is 8.42 Å². The Bertz CT molecular complexity index is 453. The molecule has 1 aliphatic carbocycles. The van der Waals surface area contributed by atoms with Gasteiger partial charge in [-0.15, -0.1) is 0 Å². The number of nitrogens with one attached hydrogen (secondary N) is 2. The zero-order chi connectivity index (χ0) is 17.3. The lowest BCUT2D eigenvalue weighted by Crippen LogP contribution is -2.46. The molecule has 2 N–H and O–H groups in total. The largest absolute Gasteiger partial charge is 0.355 e. The minimum absolute atomic E-state index is 0.0952. The molecule has 0 heterocycles. The van der Waals surface area contributed by atoms with E-state index in [0.717, 1.165) is 18.8 Å². The van der Waals surface area contributed by atoms with Crippen LogP contribution in [0.2, 0.25) is 0 Å². The summed E-state index contributed by atoms with van der Waals surface area (Å²) in [5.41, 5.74) is 0. The molecule has 1 saturated carbocycles. The maximum Gasteiger partial charge on any atom is 0.215 e. The van der Waals surface area contributed by atoms with Crippen molar-refractivity contribution in [3.05, 3.63) is 0 Å². The zero-order valence-corrected chi connectivity index (χ0v) is 16.0. The van der Waals surface area contributed by atoms with Crippen LogP contribution in [0.5, 0.6) is 0 Å². The number of rotatable bonds is 8. The van der Waals surface area contributed by atoms with Crippen molar-refractivity contribution in [2.75, 3.05) is 32.4 Å². The van der Waals surface area contributed by atoms with Gasteiger partial charge in [0.05, 0.1) is 5.75 Å². The predicted molar refractivity (Wildman–Crippen MR) is 97.2 cm³/mol. The van der Waals surface area contributed by atoms with Crippen LogP contribution in [0.1, 0.15) is 52.9 Å². The quantitative estimate of drug-likeness (QED) is 0.519. The summed E-state index contributed by atoms with van der Waals surface area (Å²) in [6.45, 7) is 7.40. The molecule has 0 spiro atoms. The molecule has 0 aromatic rings. The van der Waals surface area contributed by atoms with Crippen LogP contribution in [-0.4, -0.2) is 57.2 Å². The Kier molecular flexibility index (Phi) is 8.91. The van der Waals surface area contributed by atoms with E-state index in [0.29, 0.717) is 31.6 Å². The summed E-state index contributed by atoms with van der Waals surface area (Å²) >= 11 is 0. The molecule has 0 atom stereocenters. The fraction of sp³-hybridized carbons (Fsp3) is 0.938. The van der Waals surface area contributed by atoms with Crippen LogP contribution >= 0.6 is 0 Å². The fourth-order valence-corrected chi connectivity index (χ4v) is 4.55. The Morgan fingerprint density at radius 1 is 1.13 bits per heavy atom. The Hall–Kier alpha value is -0.820. The van der Waals surface area contributed by atoms with E-state index in [1.165, 1.54) is 23.6 Å². The van der Waals surface area contributed by atoms with Gasteiger partial charge in [0.1, 0.15) is 0 Å². The maximum atomic E-state index is 12.1. The van der Waals surface area contributed by atoms with Gasteiger partial charge in [0.25, 0.3) is 0 Å². The molecule has 0 amide bonds. The molecule has 0 unspecified atom stereocenters. The van der Waals surface area contributed by atoms with Crippen molar-refractivity contribution in [2.45, 2.75) is 58.9 Å². The van der Waals surface area contributed by atoms with Crippen LogP contribution in [-0.2, 0) is 10.0 Å². The Morgan fingerprint density at radius 3 is 2.22 bits per heavy atom. The molecule has 0 radical (unpaired) electrons. The van der Waals surface area contributed by atoms with Crippen molar-refractivity contribution < 1.29 is 8.42 Å². The standard InChI is InChI=1S/C16H34N4O2S/c1-5-14-8-10-15(11-9-14)19-16(17-4)18-12-13-23(21,22)20(6-2)7-3/h14-15H,5-13H2,1-4H3,(H2,17,18,19). The first-order valence-electron chi connectivity index (χ1n) is 8.91. The first-order chi connectivity index (χ1) is 11.0. The minimum Gasteiger partial charge on any atom is -0.355 e. The molecule has 23 heavy (non-hydrogen) atoms. The minimum atomic E-state index is -3.18. The average Bonchev–Trinajstić information content (AvgIpc) is 2.55. The number of guanidine groups is 1. The third-order valence-corrected chi connectivity index (χ3v) is 6.76. The second-order valence-corrected chi connectivity index (χ2v) is 8.26. The Labute approximate surface area is 142 Å². The van der Waals surface area contributed by atoms with Crippen LogP contribution < -0.4 is 10.6 Å². The van der Waals surface area contributed by atoms with Crippen molar-refractivity contribution in [3.8, 4) is 0 Å². The van der Waals surface area contributed by atoms with E-state index in [2.05, 4.69) is 22.5 Å². The fourth-order valence-electron chi connectivity index (χ4n) is 3.15. The normalized spacial score (nSPS) is 23.1. The van der Waals surface area contributed by atoms with Gasteiger partial charge in [-0.1, -0.05) is 27.2 Å². The summed E-state index contributed by atoms with van der Waals surface area (Å²) in [5.74, 6) is 1.67. The van der Waals surface area contributed by atoms with E-state index < -0.39 is 10.0 Å². The van der Waals surface area contributed by atoms with Gasteiger partial charge in [-0.2, -0.15) is 0 Å². The highest BCUT2D eigenvalue weighted by molar-refractivity contribution is 7.89. The molecule has 0 saturated heterocycles. The van der Waals surface area contributed by atoms with E-state index in [4.69, 9.17) is 0 Å². The molecule has 6 nitrogen and oxygen atoms in total. The molecule has 7 heteroatoms. The number of hydrogen-bond acceptors (Lipinski definition) is 3. The Morgan fingerprint density at radius 2 is 1.74 bits per heavy atom. The van der Waals surface area contributed by atoms with Gasteiger partial charge in [0.2, 0.25) is 10.0 Å². The van der Waals surface area contributed by atoms with Crippen molar-refractivity contribution in [1.29, 1.82) is 0 Å². The van der Waals surface area contributed by atoms with Gasteiger partial charge in [-0.25, -0.2) is 12.7 Å². The number of aliphatic imine (C=N–C) groups is 1. The highest BCUT2D eigenvalue weighted by atomic mass is 32.2. The summed E-state index contributed by atoms with van der Waals surface area (Å²) < 4.78 is 25.8. The highest BCUT2D eigenvalue weighted by Gasteiger charge is 2.21. The lowest BCUT2D eigenvalue weighted by atomic mass is 9.84. The van der Waals surface area contributed by atoms with Crippen LogP contribution in [0.4, 0.5) is 0 Å². The van der Waals surface area contributed by atoms with E-state index in [-0.39, 0.29) is 5.75 Å². The Balaban J connectivity index is 2.38. The summed E-state index contributed by atoms with van der Waals surface area (Å²) in [6.07, 6.45) is 6.12. The molecule has 1 fully saturated rings. The van der Waals surface area contributed by atoms with Crippen LogP contribution in [0.15, 0.2) is 4.99 Å². The second-order valence-electron chi connectivity index (χ2n) is 6.17. The van der Waals surface area contributed by atoms with Gasteiger partial charge in [-0.05, 0) is 31.6 Å². The first kappa shape index (κ1) is 20.2. The van der Waals surface area contributed by atoms with Crippen LogP contribution in [0.3, 0.4) is 0 Å². The van der Waals surface area contributed by atoms with Gasteiger partial charge in [0, 0.05) is 32.7 Å². The molecule has 0 bridgehead atoms. The zero-order valence-electron chi connectivity index (χ0n) is 15.1. The molecule has 0 aromatic heterocycles. The monoisotopic (exact) mass is 346 g/mol. The highest BCUT2D eigenvalue weighted by Crippen LogP contribution is 2.26. The van der Waals surface area contributed by atoms with E-state index >= 15 is 0 Å².